The van der Waals surface area contributed by atoms with Crippen molar-refractivity contribution in [2.24, 2.45) is 5.92 Å². The zero-order valence-corrected chi connectivity index (χ0v) is 16.9. The average molecular weight is 370 g/mol. The van der Waals surface area contributed by atoms with Crippen LogP contribution < -0.4 is 11.1 Å². The van der Waals surface area contributed by atoms with Gasteiger partial charge in [0.25, 0.3) is 0 Å². The van der Waals surface area contributed by atoms with E-state index in [2.05, 4.69) is 31.1 Å². The van der Waals surface area contributed by atoms with Gasteiger partial charge in [-0.1, -0.05) is 52.9 Å². The van der Waals surface area contributed by atoms with Crippen LogP contribution in [0.3, 0.4) is 0 Å². The fourth-order valence-electron chi connectivity index (χ4n) is 3.29. The fourth-order valence-corrected chi connectivity index (χ4v) is 3.98. The summed E-state index contributed by atoms with van der Waals surface area (Å²) in [7, 11) is 0. The molecule has 1 unspecified atom stereocenters. The molecule has 1 aliphatic carbocycles. The standard InChI is InChI=1S/C13H25NO2.C6H10N2S/c1-3-6-12(13(15)16)14-10(2)9-11-7-4-5-8-11;1-4(2)5-3-8-6(7)9-5/h10-12,14H,3-9H2,1-2H3,(H,15,16);3-4H,1-2H3,(H2,7,8)/t10?,12-;/m0./s1. The summed E-state index contributed by atoms with van der Waals surface area (Å²) in [6.07, 6.45) is 9.99. The van der Waals surface area contributed by atoms with Gasteiger partial charge in [0.2, 0.25) is 0 Å². The topological polar surface area (TPSA) is 88.2 Å². The number of aromatic nitrogens is 1. The Morgan fingerprint density at radius 3 is 2.44 bits per heavy atom. The first-order valence-corrected chi connectivity index (χ1v) is 10.3. The van der Waals surface area contributed by atoms with Crippen molar-refractivity contribution in [1.82, 2.24) is 10.3 Å². The van der Waals surface area contributed by atoms with Crippen LogP contribution >= 0.6 is 11.3 Å². The number of hydrogen-bond acceptors (Lipinski definition) is 5. The van der Waals surface area contributed by atoms with Crippen molar-refractivity contribution in [3.05, 3.63) is 11.1 Å². The monoisotopic (exact) mass is 369 g/mol. The van der Waals surface area contributed by atoms with Gasteiger partial charge in [-0.2, -0.15) is 0 Å². The van der Waals surface area contributed by atoms with Crippen LogP contribution in [0.5, 0.6) is 0 Å². The number of anilines is 1. The van der Waals surface area contributed by atoms with E-state index in [1.807, 2.05) is 13.1 Å². The van der Waals surface area contributed by atoms with Crippen LogP contribution in [0, 0.1) is 5.92 Å². The van der Waals surface area contributed by atoms with Gasteiger partial charge in [0.05, 0.1) is 0 Å². The largest absolute Gasteiger partial charge is 0.480 e. The van der Waals surface area contributed by atoms with E-state index in [4.69, 9.17) is 10.8 Å². The number of hydrogen-bond donors (Lipinski definition) is 3. The molecule has 0 aliphatic heterocycles. The van der Waals surface area contributed by atoms with E-state index >= 15 is 0 Å². The van der Waals surface area contributed by atoms with Gasteiger partial charge in [-0.05, 0) is 31.6 Å². The first kappa shape index (κ1) is 21.9. The van der Waals surface area contributed by atoms with Crippen molar-refractivity contribution < 1.29 is 9.90 Å². The van der Waals surface area contributed by atoms with E-state index in [1.54, 1.807) is 11.3 Å². The molecule has 4 N–H and O–H groups in total. The molecule has 0 amide bonds. The molecule has 2 rings (SSSR count). The molecule has 0 bridgehead atoms. The lowest BCUT2D eigenvalue weighted by molar-refractivity contribution is -0.139. The van der Waals surface area contributed by atoms with Crippen LogP contribution in [-0.4, -0.2) is 28.1 Å². The van der Waals surface area contributed by atoms with E-state index in [-0.39, 0.29) is 6.04 Å². The Bertz CT molecular complexity index is 499. The zero-order valence-electron chi connectivity index (χ0n) is 16.1. The molecule has 25 heavy (non-hydrogen) atoms. The molecular formula is C19H35N3O2S. The lowest BCUT2D eigenvalue weighted by atomic mass is 9.98. The highest BCUT2D eigenvalue weighted by molar-refractivity contribution is 7.15. The molecule has 1 saturated carbocycles. The molecule has 2 atom stereocenters. The van der Waals surface area contributed by atoms with Crippen LogP contribution in [-0.2, 0) is 4.79 Å². The molecule has 1 heterocycles. The van der Waals surface area contributed by atoms with Crippen molar-refractivity contribution in [2.75, 3.05) is 5.73 Å². The number of thiazole rings is 1. The third-order valence-electron chi connectivity index (χ3n) is 4.63. The first-order valence-electron chi connectivity index (χ1n) is 9.53. The van der Waals surface area contributed by atoms with Crippen molar-refractivity contribution >= 4 is 22.4 Å². The molecule has 0 saturated heterocycles. The highest BCUT2D eigenvalue weighted by Gasteiger charge is 2.22. The summed E-state index contributed by atoms with van der Waals surface area (Å²) in [5.41, 5.74) is 5.42. The van der Waals surface area contributed by atoms with Gasteiger partial charge in [0.1, 0.15) is 6.04 Å². The number of nitrogen functional groups attached to an aromatic ring is 1. The number of carbonyl (C=O) groups is 1. The summed E-state index contributed by atoms with van der Waals surface area (Å²) in [6, 6.07) is -0.0304. The minimum absolute atomic E-state index is 0.329. The quantitative estimate of drug-likeness (QED) is 0.621. The molecule has 1 fully saturated rings. The third kappa shape index (κ3) is 8.68. The lowest BCUT2D eigenvalue weighted by Gasteiger charge is -2.22. The Labute approximate surface area is 156 Å². The molecule has 6 heteroatoms. The second kappa shape index (κ2) is 11.5. The van der Waals surface area contributed by atoms with Crippen molar-refractivity contribution in [2.45, 2.75) is 90.6 Å². The Balaban J connectivity index is 0.000000293. The van der Waals surface area contributed by atoms with Gasteiger partial charge < -0.3 is 16.2 Å². The normalized spacial score (nSPS) is 17.2. The predicted octanol–water partition coefficient (Wildman–Crippen LogP) is 4.65. The Kier molecular flexibility index (Phi) is 10.0. The van der Waals surface area contributed by atoms with Gasteiger partial charge in [-0.3, -0.25) is 4.79 Å². The molecule has 1 aliphatic rings. The number of rotatable bonds is 8. The molecular weight excluding hydrogens is 334 g/mol. The number of carboxylic acid groups (broad SMARTS) is 1. The maximum absolute atomic E-state index is 11.0. The maximum Gasteiger partial charge on any atom is 0.320 e. The lowest BCUT2D eigenvalue weighted by Crippen LogP contribution is -2.42. The Hall–Kier alpha value is -1.14. The third-order valence-corrected chi connectivity index (χ3v) is 5.76. The summed E-state index contributed by atoms with van der Waals surface area (Å²) in [5.74, 6) is 0.665. The van der Waals surface area contributed by atoms with E-state index in [0.29, 0.717) is 17.1 Å². The van der Waals surface area contributed by atoms with Crippen molar-refractivity contribution in [3.8, 4) is 0 Å². The Morgan fingerprint density at radius 1 is 1.40 bits per heavy atom. The Morgan fingerprint density at radius 2 is 2.04 bits per heavy atom. The predicted molar refractivity (Wildman–Crippen MR) is 106 cm³/mol. The van der Waals surface area contributed by atoms with E-state index in [9.17, 15) is 4.79 Å². The smallest absolute Gasteiger partial charge is 0.320 e. The van der Waals surface area contributed by atoms with Gasteiger partial charge in [-0.15, -0.1) is 11.3 Å². The van der Waals surface area contributed by atoms with Crippen LogP contribution in [0.15, 0.2) is 6.20 Å². The summed E-state index contributed by atoms with van der Waals surface area (Å²) >= 11 is 1.56. The molecule has 0 aromatic carbocycles. The molecule has 5 nitrogen and oxygen atoms in total. The molecule has 0 spiro atoms. The van der Waals surface area contributed by atoms with Gasteiger partial charge in [0.15, 0.2) is 5.13 Å². The average Bonchev–Trinajstić information content (AvgIpc) is 3.19. The fraction of sp³-hybridized carbons (Fsp3) is 0.789. The van der Waals surface area contributed by atoms with Crippen LogP contribution in [0.4, 0.5) is 5.13 Å². The maximum atomic E-state index is 11.0. The molecule has 1 aromatic heterocycles. The van der Waals surface area contributed by atoms with E-state index in [0.717, 1.165) is 25.2 Å². The van der Waals surface area contributed by atoms with Crippen LogP contribution in [0.2, 0.25) is 0 Å². The highest BCUT2D eigenvalue weighted by Crippen LogP contribution is 2.28. The summed E-state index contributed by atoms with van der Waals surface area (Å²) < 4.78 is 0. The second-order valence-electron chi connectivity index (χ2n) is 7.39. The van der Waals surface area contributed by atoms with Gasteiger partial charge in [0, 0.05) is 17.1 Å². The minimum atomic E-state index is -0.708. The van der Waals surface area contributed by atoms with Crippen LogP contribution in [0.25, 0.3) is 0 Å². The number of aliphatic carboxylic acids is 1. The number of nitrogens with zero attached hydrogens (tertiary/aromatic N) is 1. The summed E-state index contributed by atoms with van der Waals surface area (Å²) in [6.45, 7) is 8.41. The number of carboxylic acids is 1. The van der Waals surface area contributed by atoms with E-state index < -0.39 is 5.97 Å². The van der Waals surface area contributed by atoms with Crippen LogP contribution in [0.1, 0.15) is 83.4 Å². The summed E-state index contributed by atoms with van der Waals surface area (Å²) in [5, 5.41) is 13.0. The van der Waals surface area contributed by atoms with Crippen molar-refractivity contribution in [3.63, 3.8) is 0 Å². The first-order chi connectivity index (χ1) is 11.8. The summed E-state index contributed by atoms with van der Waals surface area (Å²) in [4.78, 5) is 16.2. The molecule has 0 radical (unpaired) electrons. The van der Waals surface area contributed by atoms with Gasteiger partial charge in [-0.25, -0.2) is 4.98 Å². The minimum Gasteiger partial charge on any atom is -0.480 e. The molecule has 1 aromatic rings. The SMILES string of the molecule is CC(C)c1cnc(N)s1.CCC[C@H](NC(C)CC1CCCC1)C(=O)O. The van der Waals surface area contributed by atoms with E-state index in [1.165, 1.54) is 30.6 Å². The van der Waals surface area contributed by atoms with Crippen molar-refractivity contribution in [1.29, 1.82) is 0 Å². The second-order valence-corrected chi connectivity index (χ2v) is 8.48. The highest BCUT2D eigenvalue weighted by atomic mass is 32.1. The number of nitrogens with two attached hydrogens (primary N) is 1. The zero-order chi connectivity index (χ0) is 18.8. The number of nitrogens with one attached hydrogen (secondary N) is 1. The van der Waals surface area contributed by atoms with Gasteiger partial charge >= 0.3 is 5.97 Å². The molecule has 144 valence electrons.